The summed E-state index contributed by atoms with van der Waals surface area (Å²) < 4.78 is 1.98. The number of halogens is 2. The van der Waals surface area contributed by atoms with Gasteiger partial charge in [0.2, 0.25) is 18.0 Å². The van der Waals surface area contributed by atoms with Gasteiger partial charge in [-0.05, 0) is 48.9 Å². The molecular weight excluding hydrogens is 410 g/mol. The number of nitrogens with zero attached hydrogens (tertiary/aromatic N) is 1. The molecule has 0 fully saturated rings. The normalized spacial score (nSPS) is 10.5. The first kappa shape index (κ1) is 20.1. The summed E-state index contributed by atoms with van der Waals surface area (Å²) in [4.78, 5) is 12.6. The lowest BCUT2D eigenvalue weighted by atomic mass is 10.1. The fourth-order valence-electron chi connectivity index (χ4n) is 2.67. The van der Waals surface area contributed by atoms with Gasteiger partial charge < -0.3 is 17.0 Å². The van der Waals surface area contributed by atoms with Crippen molar-refractivity contribution in [2.75, 3.05) is 0 Å². The van der Waals surface area contributed by atoms with Crippen LogP contribution in [-0.4, -0.2) is 5.78 Å². The predicted octanol–water partition coefficient (Wildman–Crippen LogP) is 1.99. The standard InChI is InChI=1S/C22H19ClNO.BrH/c1-17-6-5-15-24(16-22(25)19-10-12-20(23)13-11-19)21(17)14-9-18-7-3-2-4-8-18;/h2-15H,16H2,1H3;1H/q+1;/p-1/b14-9+;. The zero-order chi connectivity index (χ0) is 17.6. The molecule has 0 radical (unpaired) electrons. The third kappa shape index (κ3) is 5.13. The number of Topliss-reactive ketones (excluding diaryl/α,β-unsaturated/α-hetero) is 1. The number of carbonyl (C=O) groups excluding carboxylic acids is 1. The van der Waals surface area contributed by atoms with Crippen molar-refractivity contribution < 1.29 is 26.3 Å². The van der Waals surface area contributed by atoms with Crippen LogP contribution in [0.1, 0.15) is 27.2 Å². The van der Waals surface area contributed by atoms with Crippen molar-refractivity contribution in [3.8, 4) is 0 Å². The summed E-state index contributed by atoms with van der Waals surface area (Å²) in [6, 6.07) is 21.1. The molecule has 0 amide bonds. The molecule has 0 aliphatic heterocycles. The van der Waals surface area contributed by atoms with E-state index in [0.29, 0.717) is 10.6 Å². The Morgan fingerprint density at radius 3 is 2.35 bits per heavy atom. The summed E-state index contributed by atoms with van der Waals surface area (Å²) in [6.45, 7) is 2.34. The van der Waals surface area contributed by atoms with Gasteiger partial charge in [0.15, 0.2) is 6.20 Å². The number of pyridine rings is 1. The van der Waals surface area contributed by atoms with Crippen LogP contribution in [0.5, 0.6) is 0 Å². The zero-order valence-electron chi connectivity index (χ0n) is 14.4. The summed E-state index contributed by atoms with van der Waals surface area (Å²) in [5.74, 6) is 0.0571. The number of rotatable bonds is 5. The number of benzene rings is 2. The Morgan fingerprint density at radius 1 is 0.962 bits per heavy atom. The first-order valence-corrected chi connectivity index (χ1v) is 8.52. The molecule has 2 aromatic carbocycles. The first-order valence-electron chi connectivity index (χ1n) is 8.14. The van der Waals surface area contributed by atoms with Gasteiger partial charge in [-0.2, -0.15) is 4.57 Å². The maximum absolute atomic E-state index is 12.6. The van der Waals surface area contributed by atoms with Crippen molar-refractivity contribution in [1.82, 2.24) is 0 Å². The minimum atomic E-state index is 0. The number of hydrogen-bond donors (Lipinski definition) is 0. The quantitative estimate of drug-likeness (QED) is 0.450. The Morgan fingerprint density at radius 2 is 1.65 bits per heavy atom. The van der Waals surface area contributed by atoms with Crippen molar-refractivity contribution in [3.63, 3.8) is 0 Å². The van der Waals surface area contributed by atoms with E-state index in [1.54, 1.807) is 24.3 Å². The van der Waals surface area contributed by atoms with Gasteiger partial charge in [0, 0.05) is 28.3 Å². The van der Waals surface area contributed by atoms with Crippen LogP contribution >= 0.6 is 11.6 Å². The van der Waals surface area contributed by atoms with Crippen LogP contribution in [0.2, 0.25) is 5.02 Å². The Kier molecular flexibility index (Phi) is 7.31. The van der Waals surface area contributed by atoms with E-state index in [1.807, 2.05) is 48.0 Å². The fraction of sp³-hybridized carbons (Fsp3) is 0.0909. The maximum atomic E-state index is 12.6. The summed E-state index contributed by atoms with van der Waals surface area (Å²) in [5, 5.41) is 0.631. The van der Waals surface area contributed by atoms with E-state index in [0.717, 1.165) is 16.8 Å². The topological polar surface area (TPSA) is 20.9 Å². The van der Waals surface area contributed by atoms with E-state index < -0.39 is 0 Å². The third-order valence-electron chi connectivity index (χ3n) is 4.04. The molecule has 26 heavy (non-hydrogen) atoms. The second kappa shape index (κ2) is 9.46. The van der Waals surface area contributed by atoms with Gasteiger partial charge >= 0.3 is 0 Å². The van der Waals surface area contributed by atoms with Gasteiger partial charge in [-0.15, -0.1) is 0 Å². The third-order valence-corrected chi connectivity index (χ3v) is 4.29. The molecule has 0 bridgehead atoms. The second-order valence-electron chi connectivity index (χ2n) is 5.88. The highest BCUT2D eigenvalue weighted by Gasteiger charge is 2.16. The SMILES string of the molecule is Cc1ccc[n+](CC(=O)c2ccc(Cl)cc2)c1/C=C/c1ccccc1.[Br-]. The average molecular weight is 429 g/mol. The molecule has 0 aliphatic carbocycles. The number of aryl methyl sites for hydroxylation is 1. The molecule has 0 aliphatic rings. The zero-order valence-corrected chi connectivity index (χ0v) is 16.7. The molecule has 0 atom stereocenters. The van der Waals surface area contributed by atoms with Crippen LogP contribution in [0, 0.1) is 6.92 Å². The average Bonchev–Trinajstić information content (AvgIpc) is 2.62. The number of carbonyl (C=O) groups is 1. The van der Waals surface area contributed by atoms with Gasteiger partial charge in [-0.3, -0.25) is 4.79 Å². The van der Waals surface area contributed by atoms with Crippen molar-refractivity contribution in [1.29, 1.82) is 0 Å². The minimum Gasteiger partial charge on any atom is -1.00 e. The summed E-state index contributed by atoms with van der Waals surface area (Å²) in [6.07, 6.45) is 6.05. The molecule has 3 aromatic rings. The molecule has 1 heterocycles. The van der Waals surface area contributed by atoms with Gasteiger partial charge in [0.25, 0.3) is 0 Å². The molecule has 4 heteroatoms. The molecule has 0 unspecified atom stereocenters. The second-order valence-corrected chi connectivity index (χ2v) is 6.31. The van der Waals surface area contributed by atoms with E-state index >= 15 is 0 Å². The molecule has 0 saturated carbocycles. The molecular formula is C22H19BrClNO. The Bertz CT molecular complexity index is 905. The Balaban J connectivity index is 0.00000243. The molecule has 132 valence electrons. The molecule has 1 aromatic heterocycles. The summed E-state index contributed by atoms with van der Waals surface area (Å²) in [5.41, 5.74) is 3.94. The lowest BCUT2D eigenvalue weighted by Crippen LogP contribution is -3.00. The van der Waals surface area contributed by atoms with Crippen LogP contribution < -0.4 is 21.5 Å². The summed E-state index contributed by atoms with van der Waals surface area (Å²) in [7, 11) is 0. The minimum absolute atomic E-state index is 0. The molecule has 3 rings (SSSR count). The molecule has 0 spiro atoms. The van der Waals surface area contributed by atoms with Crippen molar-refractivity contribution in [2.45, 2.75) is 13.5 Å². The van der Waals surface area contributed by atoms with Crippen LogP contribution in [0.15, 0.2) is 72.9 Å². The highest BCUT2D eigenvalue weighted by atomic mass is 79.9. The fourth-order valence-corrected chi connectivity index (χ4v) is 2.80. The van der Waals surface area contributed by atoms with E-state index in [1.165, 1.54) is 0 Å². The number of hydrogen-bond acceptors (Lipinski definition) is 1. The van der Waals surface area contributed by atoms with Gasteiger partial charge in [0.05, 0.1) is 0 Å². The highest BCUT2D eigenvalue weighted by molar-refractivity contribution is 6.30. The van der Waals surface area contributed by atoms with Crippen LogP contribution in [0.25, 0.3) is 12.2 Å². The predicted molar refractivity (Wildman–Crippen MR) is 103 cm³/mol. The van der Waals surface area contributed by atoms with Gasteiger partial charge in [-0.1, -0.05) is 41.9 Å². The van der Waals surface area contributed by atoms with E-state index in [-0.39, 0.29) is 29.3 Å². The van der Waals surface area contributed by atoms with Crippen LogP contribution in [0.3, 0.4) is 0 Å². The van der Waals surface area contributed by atoms with Gasteiger partial charge in [0.1, 0.15) is 0 Å². The lowest BCUT2D eigenvalue weighted by molar-refractivity contribution is -0.685. The van der Waals surface area contributed by atoms with Crippen molar-refractivity contribution >= 4 is 29.5 Å². The van der Waals surface area contributed by atoms with E-state index in [9.17, 15) is 4.79 Å². The Labute approximate surface area is 169 Å². The number of ketones is 1. The monoisotopic (exact) mass is 427 g/mol. The smallest absolute Gasteiger partial charge is 0.227 e. The maximum Gasteiger partial charge on any atom is 0.227 e. The van der Waals surface area contributed by atoms with E-state index in [2.05, 4.69) is 24.3 Å². The van der Waals surface area contributed by atoms with Gasteiger partial charge in [-0.25, -0.2) is 0 Å². The molecule has 2 nitrogen and oxygen atoms in total. The number of aromatic nitrogens is 1. The van der Waals surface area contributed by atoms with Crippen molar-refractivity contribution in [3.05, 3.63) is 100 Å². The van der Waals surface area contributed by atoms with Crippen molar-refractivity contribution in [2.24, 2.45) is 0 Å². The Hall–Kier alpha value is -2.23. The molecule has 0 N–H and O–H groups in total. The lowest BCUT2D eigenvalue weighted by Gasteiger charge is -2.04. The van der Waals surface area contributed by atoms with E-state index in [4.69, 9.17) is 11.6 Å². The van der Waals surface area contributed by atoms with Crippen LogP contribution in [0.4, 0.5) is 0 Å². The highest BCUT2D eigenvalue weighted by Crippen LogP contribution is 2.12. The summed E-state index contributed by atoms with van der Waals surface area (Å²) >= 11 is 5.90. The largest absolute Gasteiger partial charge is 1.00 e. The van der Waals surface area contributed by atoms with Crippen LogP contribution in [-0.2, 0) is 6.54 Å². The first-order chi connectivity index (χ1) is 12.1. The molecule has 0 saturated heterocycles.